The molecule has 0 bridgehead atoms. The van der Waals surface area contributed by atoms with E-state index in [1.54, 1.807) is 6.20 Å². The molecule has 5 heteroatoms. The first kappa shape index (κ1) is 23.3. The Balaban J connectivity index is 2.01. The van der Waals surface area contributed by atoms with E-state index in [0.29, 0.717) is 5.56 Å². The summed E-state index contributed by atoms with van der Waals surface area (Å²) in [6.07, 6.45) is 1.77. The fourth-order valence-electron chi connectivity index (χ4n) is 3.79. The Morgan fingerprint density at radius 3 is 2.16 bits per heavy atom. The maximum Gasteiger partial charge on any atom is 0.226 e. The van der Waals surface area contributed by atoms with Crippen LogP contribution in [-0.2, 0) is 17.9 Å². The number of aryl methyl sites for hydroxylation is 2. The van der Waals surface area contributed by atoms with Crippen molar-refractivity contribution in [1.82, 2.24) is 4.57 Å². The van der Waals surface area contributed by atoms with Crippen LogP contribution in [0.4, 0.5) is 5.69 Å². The number of benzene rings is 2. The van der Waals surface area contributed by atoms with E-state index < -0.39 is 0 Å². The lowest BCUT2D eigenvalue weighted by Crippen LogP contribution is -2.17. The quantitative estimate of drug-likeness (QED) is 0.303. The van der Waals surface area contributed by atoms with Gasteiger partial charge in [-0.15, -0.1) is 0 Å². The van der Waals surface area contributed by atoms with Gasteiger partial charge in [-0.25, -0.2) is 0 Å². The zero-order valence-corrected chi connectivity index (χ0v) is 20.3. The average molecular weight is 429 g/mol. The van der Waals surface area contributed by atoms with Crippen molar-refractivity contribution < 1.29 is 4.79 Å². The monoisotopic (exact) mass is 428 g/mol. The molecule has 0 unspecified atom stereocenters. The van der Waals surface area contributed by atoms with Crippen LogP contribution < -0.4 is 5.43 Å². The number of aromatic nitrogens is 1. The van der Waals surface area contributed by atoms with Gasteiger partial charge in [-0.2, -0.15) is 10.4 Å². The number of hydrogen-bond acceptors (Lipinski definition) is 4. The maximum atomic E-state index is 13.2. The number of nitrogens with one attached hydrogen (secondary N) is 1. The Morgan fingerprint density at radius 2 is 1.62 bits per heavy atom. The highest BCUT2D eigenvalue weighted by molar-refractivity contribution is 6.53. The first-order valence-electron chi connectivity index (χ1n) is 10.8. The summed E-state index contributed by atoms with van der Waals surface area (Å²) in [7, 11) is 1.90. The van der Waals surface area contributed by atoms with Gasteiger partial charge in [-0.3, -0.25) is 10.2 Å². The van der Waals surface area contributed by atoms with Gasteiger partial charge in [0.1, 0.15) is 6.07 Å². The normalized spacial score (nSPS) is 12.7. The van der Waals surface area contributed by atoms with Crippen molar-refractivity contribution in [2.24, 2.45) is 12.1 Å². The minimum Gasteiger partial charge on any atom is -0.350 e. The third-order valence-electron chi connectivity index (χ3n) is 5.73. The number of hydrazone groups is 1. The second-order valence-corrected chi connectivity index (χ2v) is 10.4. The number of ketones is 1. The molecule has 0 saturated carbocycles. The number of nitrogens with zero attached hydrogens (tertiary/aromatic N) is 3. The van der Waals surface area contributed by atoms with Gasteiger partial charge in [-0.05, 0) is 46.6 Å². The molecule has 0 amide bonds. The average Bonchev–Trinajstić information content (AvgIpc) is 3.04. The fraction of sp³-hybridized carbons (Fsp3) is 0.370. The molecular formula is C27H32N4O. The summed E-state index contributed by atoms with van der Waals surface area (Å²) in [6.45, 7) is 15.0. The highest BCUT2D eigenvalue weighted by atomic mass is 16.1. The van der Waals surface area contributed by atoms with E-state index in [2.05, 4.69) is 58.1 Å². The van der Waals surface area contributed by atoms with Crippen LogP contribution in [0.5, 0.6) is 0 Å². The summed E-state index contributed by atoms with van der Waals surface area (Å²) in [5.41, 5.74) is 8.34. The molecule has 3 rings (SSSR count). The molecule has 1 heterocycles. The summed E-state index contributed by atoms with van der Waals surface area (Å²) < 4.78 is 1.92. The molecule has 5 nitrogen and oxygen atoms in total. The third-order valence-corrected chi connectivity index (χ3v) is 5.73. The fourth-order valence-corrected chi connectivity index (χ4v) is 3.79. The van der Waals surface area contributed by atoms with Gasteiger partial charge in [-0.1, -0.05) is 65.8 Å². The highest BCUT2D eigenvalue weighted by Gasteiger charge is 2.22. The minimum atomic E-state index is -0.390. The van der Waals surface area contributed by atoms with E-state index in [4.69, 9.17) is 0 Å². The van der Waals surface area contributed by atoms with Gasteiger partial charge < -0.3 is 4.57 Å². The van der Waals surface area contributed by atoms with Crippen LogP contribution in [0.2, 0.25) is 0 Å². The Bertz CT molecular complexity index is 1230. The predicted molar refractivity (Wildman–Crippen MR) is 132 cm³/mol. The largest absolute Gasteiger partial charge is 0.350 e. The van der Waals surface area contributed by atoms with Crippen molar-refractivity contribution in [2.45, 2.75) is 59.3 Å². The number of carbonyl (C=O) groups is 1. The molecule has 0 radical (unpaired) electrons. The zero-order chi connectivity index (χ0) is 23.8. The molecule has 1 N–H and O–H groups in total. The molecule has 2 aromatic carbocycles. The third kappa shape index (κ3) is 4.60. The molecule has 0 aliphatic heterocycles. The molecule has 0 saturated heterocycles. The molecule has 0 aliphatic carbocycles. The Morgan fingerprint density at radius 1 is 1.03 bits per heavy atom. The summed E-state index contributed by atoms with van der Waals surface area (Å²) in [5, 5.41) is 14.7. The molecule has 0 aliphatic rings. The summed E-state index contributed by atoms with van der Waals surface area (Å²) in [5.74, 6) is -0.390. The summed E-state index contributed by atoms with van der Waals surface area (Å²) in [6, 6.07) is 14.1. The van der Waals surface area contributed by atoms with Gasteiger partial charge in [0.05, 0.1) is 16.8 Å². The lowest BCUT2D eigenvalue weighted by atomic mass is 9.80. The van der Waals surface area contributed by atoms with Crippen LogP contribution in [0.1, 0.15) is 68.6 Å². The van der Waals surface area contributed by atoms with Crippen LogP contribution in [-0.4, -0.2) is 16.1 Å². The van der Waals surface area contributed by atoms with Crippen molar-refractivity contribution in [1.29, 1.82) is 5.26 Å². The van der Waals surface area contributed by atoms with Gasteiger partial charge in [0.2, 0.25) is 11.5 Å². The van der Waals surface area contributed by atoms with Crippen molar-refractivity contribution in [2.75, 3.05) is 5.43 Å². The maximum absolute atomic E-state index is 13.2. The Hall–Kier alpha value is -3.39. The topological polar surface area (TPSA) is 70.2 Å². The molecule has 3 aromatic rings. The van der Waals surface area contributed by atoms with E-state index in [0.717, 1.165) is 33.3 Å². The SMILES string of the molecule is Cc1cccc2c(C(=O)/C(C#N)=N/Nc3cc(C(C)(C)C)cc(C(C)(C)C)c3)cn(C)c12. The zero-order valence-electron chi connectivity index (χ0n) is 20.3. The molecule has 32 heavy (non-hydrogen) atoms. The standard InChI is InChI=1S/C27H32N4O/c1-17-10-9-11-21-22(16-31(8)24(17)21)25(32)23(15-28)30-29-20-13-18(26(2,3)4)12-19(14-20)27(5,6)7/h9-14,16,29H,1-8H3/b30-23+. The van der Waals surface area contributed by atoms with Crippen LogP contribution >= 0.6 is 0 Å². The van der Waals surface area contributed by atoms with Crippen LogP contribution in [0.25, 0.3) is 10.9 Å². The van der Waals surface area contributed by atoms with Crippen molar-refractivity contribution in [3.63, 3.8) is 0 Å². The van der Waals surface area contributed by atoms with E-state index >= 15 is 0 Å². The second kappa shape index (κ2) is 8.27. The first-order valence-corrected chi connectivity index (χ1v) is 10.8. The van der Waals surface area contributed by atoms with E-state index in [1.165, 1.54) is 0 Å². The van der Waals surface area contributed by atoms with Crippen LogP contribution in [0, 0.1) is 18.3 Å². The number of carbonyl (C=O) groups excluding carboxylic acids is 1. The molecule has 0 atom stereocenters. The highest BCUT2D eigenvalue weighted by Crippen LogP contribution is 2.32. The number of anilines is 1. The Labute approximate surface area is 190 Å². The van der Waals surface area contributed by atoms with Crippen LogP contribution in [0.3, 0.4) is 0 Å². The number of hydrogen-bond donors (Lipinski definition) is 1. The van der Waals surface area contributed by atoms with Crippen LogP contribution in [0.15, 0.2) is 47.7 Å². The predicted octanol–water partition coefficient (Wildman–Crippen LogP) is 6.26. The molecule has 0 spiro atoms. The smallest absolute Gasteiger partial charge is 0.226 e. The molecular weight excluding hydrogens is 396 g/mol. The van der Waals surface area contributed by atoms with Gasteiger partial charge in [0, 0.05) is 18.6 Å². The molecule has 166 valence electrons. The first-order chi connectivity index (χ1) is 14.8. The van der Waals surface area contributed by atoms with E-state index in [9.17, 15) is 10.1 Å². The van der Waals surface area contributed by atoms with Crippen molar-refractivity contribution in [3.8, 4) is 6.07 Å². The van der Waals surface area contributed by atoms with Gasteiger partial charge >= 0.3 is 0 Å². The minimum absolute atomic E-state index is 0.0455. The molecule has 0 fully saturated rings. The number of Topliss-reactive ketones (excluding diaryl/α,β-unsaturated/α-hetero) is 1. The van der Waals surface area contributed by atoms with Gasteiger partial charge in [0.25, 0.3) is 0 Å². The number of para-hydroxylation sites is 1. The lowest BCUT2D eigenvalue weighted by Gasteiger charge is -2.26. The van der Waals surface area contributed by atoms with Crippen molar-refractivity contribution >= 4 is 28.1 Å². The van der Waals surface area contributed by atoms with E-state index in [1.807, 2.05) is 54.9 Å². The number of fused-ring (bicyclic) bond motifs is 1. The van der Waals surface area contributed by atoms with Gasteiger partial charge in [0.15, 0.2) is 0 Å². The summed E-state index contributed by atoms with van der Waals surface area (Å²) in [4.78, 5) is 13.2. The summed E-state index contributed by atoms with van der Waals surface area (Å²) >= 11 is 0. The molecule has 1 aromatic heterocycles. The lowest BCUT2D eigenvalue weighted by molar-refractivity contribution is 0.106. The van der Waals surface area contributed by atoms with E-state index in [-0.39, 0.29) is 22.3 Å². The second-order valence-electron chi connectivity index (χ2n) is 10.4. The Kier molecular flexibility index (Phi) is 6.02. The van der Waals surface area contributed by atoms with Crippen molar-refractivity contribution in [3.05, 3.63) is 64.8 Å². The number of nitriles is 1. The number of rotatable bonds is 4.